The summed E-state index contributed by atoms with van der Waals surface area (Å²) in [7, 11) is 1.73. The van der Waals surface area contributed by atoms with Gasteiger partial charge in [-0.25, -0.2) is 0 Å². The number of aryl methyl sites for hydroxylation is 1. The molecule has 146 valence electrons. The lowest BCUT2D eigenvalue weighted by Crippen LogP contribution is -2.30. The monoisotopic (exact) mass is 380 g/mol. The highest BCUT2D eigenvalue weighted by Gasteiger charge is 2.24. The summed E-state index contributed by atoms with van der Waals surface area (Å²) in [6.45, 7) is 2.21. The Morgan fingerprint density at radius 3 is 2.79 bits per heavy atom. The van der Waals surface area contributed by atoms with E-state index in [9.17, 15) is 14.4 Å². The van der Waals surface area contributed by atoms with E-state index in [2.05, 4.69) is 12.2 Å². The van der Waals surface area contributed by atoms with Gasteiger partial charge in [0.15, 0.2) is 12.4 Å². The van der Waals surface area contributed by atoms with Crippen LogP contribution in [-0.4, -0.2) is 37.8 Å². The lowest BCUT2D eigenvalue weighted by atomic mass is 10.0. The normalized spacial score (nSPS) is 12.6. The predicted octanol–water partition coefficient (Wildman–Crippen LogP) is 2.54. The van der Waals surface area contributed by atoms with Crippen LogP contribution in [-0.2, 0) is 22.4 Å². The number of Topliss-reactive ketones (excluding diaryl/α,β-unsaturated/α-hetero) is 1. The molecule has 0 radical (unpaired) electrons. The summed E-state index contributed by atoms with van der Waals surface area (Å²) < 4.78 is 5.49. The fourth-order valence-electron chi connectivity index (χ4n) is 3.16. The van der Waals surface area contributed by atoms with Crippen LogP contribution in [0.3, 0.4) is 0 Å². The van der Waals surface area contributed by atoms with Crippen molar-refractivity contribution < 1.29 is 19.1 Å². The number of ketones is 1. The highest BCUT2D eigenvalue weighted by atomic mass is 16.5. The van der Waals surface area contributed by atoms with Crippen LogP contribution in [0.15, 0.2) is 42.5 Å². The number of likely N-dealkylation sites (N-methyl/N-ethyl adjacent to an activating group) is 1. The summed E-state index contributed by atoms with van der Waals surface area (Å²) in [5, 5.41) is 2.70. The third-order valence-electron chi connectivity index (χ3n) is 4.83. The molecule has 6 heteroatoms. The van der Waals surface area contributed by atoms with E-state index in [0.29, 0.717) is 17.7 Å². The first-order chi connectivity index (χ1) is 13.5. The number of anilines is 1. The van der Waals surface area contributed by atoms with E-state index >= 15 is 0 Å². The van der Waals surface area contributed by atoms with Gasteiger partial charge in [-0.1, -0.05) is 19.1 Å². The Labute approximate surface area is 164 Å². The minimum absolute atomic E-state index is 0.0244. The molecule has 0 saturated carbocycles. The topological polar surface area (TPSA) is 75.7 Å². The van der Waals surface area contributed by atoms with Gasteiger partial charge in [-0.3, -0.25) is 14.4 Å². The van der Waals surface area contributed by atoms with Crippen LogP contribution in [0.1, 0.15) is 34.8 Å². The van der Waals surface area contributed by atoms with E-state index in [-0.39, 0.29) is 37.2 Å². The van der Waals surface area contributed by atoms with E-state index in [1.807, 2.05) is 24.3 Å². The largest absolute Gasteiger partial charge is 0.484 e. The number of rotatable bonds is 8. The summed E-state index contributed by atoms with van der Waals surface area (Å²) in [6, 6.07) is 12.9. The van der Waals surface area contributed by atoms with Gasteiger partial charge in [0.05, 0.1) is 6.42 Å². The Morgan fingerprint density at radius 1 is 1.18 bits per heavy atom. The SMILES string of the molecule is CCc1cccc(OCC(=O)NCCC(=O)c2ccc3c(c2)CC(=O)N3C)c1. The van der Waals surface area contributed by atoms with Crippen LogP contribution in [0.5, 0.6) is 5.75 Å². The van der Waals surface area contributed by atoms with Crippen LogP contribution >= 0.6 is 0 Å². The third kappa shape index (κ3) is 4.57. The lowest BCUT2D eigenvalue weighted by molar-refractivity contribution is -0.123. The van der Waals surface area contributed by atoms with E-state index in [0.717, 1.165) is 23.2 Å². The number of nitrogens with one attached hydrogen (secondary N) is 1. The first kappa shape index (κ1) is 19.6. The maximum atomic E-state index is 12.4. The molecule has 0 bridgehead atoms. The maximum absolute atomic E-state index is 12.4. The Morgan fingerprint density at radius 2 is 2.00 bits per heavy atom. The van der Waals surface area contributed by atoms with Crippen molar-refractivity contribution in [2.45, 2.75) is 26.2 Å². The molecular formula is C22H24N2O4. The number of carbonyl (C=O) groups is 3. The van der Waals surface area contributed by atoms with Crippen molar-refractivity contribution in [2.24, 2.45) is 0 Å². The molecule has 1 N–H and O–H groups in total. The number of hydrogen-bond acceptors (Lipinski definition) is 4. The van der Waals surface area contributed by atoms with E-state index in [1.54, 1.807) is 30.1 Å². The van der Waals surface area contributed by atoms with Gasteiger partial charge in [-0.05, 0) is 47.9 Å². The van der Waals surface area contributed by atoms with Crippen molar-refractivity contribution in [3.05, 3.63) is 59.2 Å². The fourth-order valence-corrected chi connectivity index (χ4v) is 3.16. The van der Waals surface area contributed by atoms with E-state index in [1.165, 1.54) is 0 Å². The molecule has 1 heterocycles. The number of benzene rings is 2. The summed E-state index contributed by atoms with van der Waals surface area (Å²) in [6.07, 6.45) is 1.42. The number of amides is 2. The van der Waals surface area contributed by atoms with Crippen LogP contribution < -0.4 is 15.0 Å². The molecule has 0 aliphatic carbocycles. The molecule has 1 aliphatic rings. The number of carbonyl (C=O) groups excluding carboxylic acids is 3. The number of ether oxygens (including phenoxy) is 1. The zero-order valence-corrected chi connectivity index (χ0v) is 16.2. The van der Waals surface area contributed by atoms with Crippen LogP contribution in [0.2, 0.25) is 0 Å². The van der Waals surface area contributed by atoms with Crippen LogP contribution in [0.25, 0.3) is 0 Å². The van der Waals surface area contributed by atoms with Crippen LogP contribution in [0.4, 0.5) is 5.69 Å². The van der Waals surface area contributed by atoms with E-state index in [4.69, 9.17) is 4.74 Å². The average molecular weight is 380 g/mol. The first-order valence-electron chi connectivity index (χ1n) is 9.39. The number of fused-ring (bicyclic) bond motifs is 1. The molecule has 28 heavy (non-hydrogen) atoms. The lowest BCUT2D eigenvalue weighted by Gasteiger charge is -2.10. The van der Waals surface area contributed by atoms with Gasteiger partial charge in [-0.2, -0.15) is 0 Å². The first-order valence-corrected chi connectivity index (χ1v) is 9.39. The maximum Gasteiger partial charge on any atom is 0.257 e. The molecular weight excluding hydrogens is 356 g/mol. The molecule has 1 aliphatic heterocycles. The summed E-state index contributed by atoms with van der Waals surface area (Å²) in [4.78, 5) is 37.6. The Bertz CT molecular complexity index is 907. The molecule has 2 amide bonds. The van der Waals surface area contributed by atoms with Gasteiger partial charge in [0.2, 0.25) is 5.91 Å². The van der Waals surface area contributed by atoms with Crippen LogP contribution in [0, 0.1) is 0 Å². The van der Waals surface area contributed by atoms with Gasteiger partial charge in [0.25, 0.3) is 5.91 Å². The minimum Gasteiger partial charge on any atom is -0.484 e. The van der Waals surface area contributed by atoms with Crippen molar-refractivity contribution >= 4 is 23.3 Å². The second kappa shape index (κ2) is 8.69. The Hall–Kier alpha value is -3.15. The number of nitrogens with zero attached hydrogens (tertiary/aromatic N) is 1. The van der Waals surface area contributed by atoms with Crippen molar-refractivity contribution in [2.75, 3.05) is 25.1 Å². The van der Waals surface area contributed by atoms with Gasteiger partial charge in [-0.15, -0.1) is 0 Å². The highest BCUT2D eigenvalue weighted by Crippen LogP contribution is 2.28. The molecule has 3 rings (SSSR count). The van der Waals surface area contributed by atoms with E-state index < -0.39 is 0 Å². The third-order valence-corrected chi connectivity index (χ3v) is 4.83. The second-order valence-corrected chi connectivity index (χ2v) is 6.79. The molecule has 0 saturated heterocycles. The molecule has 6 nitrogen and oxygen atoms in total. The molecule has 0 unspecified atom stereocenters. The second-order valence-electron chi connectivity index (χ2n) is 6.79. The quantitative estimate of drug-likeness (QED) is 0.714. The van der Waals surface area contributed by atoms with Crippen molar-refractivity contribution in [1.29, 1.82) is 0 Å². The number of hydrogen-bond donors (Lipinski definition) is 1. The zero-order valence-electron chi connectivity index (χ0n) is 16.2. The summed E-state index contributed by atoms with van der Waals surface area (Å²) in [5.74, 6) is 0.345. The standard InChI is InChI=1S/C22H24N2O4/c1-3-15-5-4-6-18(11-15)28-14-21(26)23-10-9-20(25)16-7-8-19-17(12-16)13-22(27)24(19)2/h4-8,11-12H,3,9-10,13-14H2,1-2H3,(H,23,26). The smallest absolute Gasteiger partial charge is 0.257 e. The van der Waals surface area contributed by atoms with Crippen molar-refractivity contribution in [1.82, 2.24) is 5.32 Å². The van der Waals surface area contributed by atoms with Crippen molar-refractivity contribution in [3.63, 3.8) is 0 Å². The molecule has 2 aromatic rings. The summed E-state index contributed by atoms with van der Waals surface area (Å²) >= 11 is 0. The Balaban J connectivity index is 1.44. The highest BCUT2D eigenvalue weighted by molar-refractivity contribution is 6.03. The zero-order chi connectivity index (χ0) is 20.1. The minimum atomic E-state index is -0.268. The molecule has 0 spiro atoms. The van der Waals surface area contributed by atoms with Gasteiger partial charge >= 0.3 is 0 Å². The molecule has 0 atom stereocenters. The Kier molecular flexibility index (Phi) is 6.09. The van der Waals surface area contributed by atoms with Crippen molar-refractivity contribution in [3.8, 4) is 5.75 Å². The van der Waals surface area contributed by atoms with Gasteiger partial charge in [0, 0.05) is 31.3 Å². The average Bonchev–Trinajstić information content (AvgIpc) is 2.99. The predicted molar refractivity (Wildman–Crippen MR) is 107 cm³/mol. The van der Waals surface area contributed by atoms with Gasteiger partial charge in [0.1, 0.15) is 5.75 Å². The fraction of sp³-hybridized carbons (Fsp3) is 0.318. The molecule has 0 fully saturated rings. The molecule has 2 aromatic carbocycles. The summed E-state index contributed by atoms with van der Waals surface area (Å²) in [5.41, 5.74) is 3.42. The van der Waals surface area contributed by atoms with Gasteiger partial charge < -0.3 is 15.0 Å². The molecule has 0 aromatic heterocycles.